The van der Waals surface area contributed by atoms with E-state index in [1.54, 1.807) is 0 Å². The Morgan fingerprint density at radius 3 is 2.11 bits per heavy atom. The molecular formula is C30H27ClN2O4S. The molecule has 0 saturated carbocycles. The zero-order valence-electron chi connectivity index (χ0n) is 21.5. The standard InChI is InChI=1S/C30H27N2S.ClHO4/c1-30(2)26(31(3)24-18-16-20-10-5-7-12-22(20)28(24)30)14-9-15-27-32(4)25-19-17-21-11-6-8-13-23(21)29(25)33-27;2-1(3,4)5/h5-19H,1-4H3;(H,2,3,4,5)/q+1;/p-1. The van der Waals surface area contributed by atoms with E-state index >= 15 is 0 Å². The summed E-state index contributed by atoms with van der Waals surface area (Å²) in [6.07, 6.45) is 6.75. The lowest BCUT2D eigenvalue weighted by molar-refractivity contribution is -2.00. The van der Waals surface area contributed by atoms with Crippen molar-refractivity contribution in [3.05, 3.63) is 101 Å². The average Bonchev–Trinajstić information content (AvgIpc) is 3.29. The summed E-state index contributed by atoms with van der Waals surface area (Å²) in [6, 6.07) is 26.3. The van der Waals surface area contributed by atoms with Gasteiger partial charge in [0.15, 0.2) is 0 Å². The number of halogens is 1. The van der Waals surface area contributed by atoms with Crippen molar-refractivity contribution in [2.45, 2.75) is 19.3 Å². The molecule has 0 unspecified atom stereocenters. The van der Waals surface area contributed by atoms with Crippen LogP contribution in [-0.2, 0) is 12.5 Å². The molecule has 6 rings (SSSR count). The van der Waals surface area contributed by atoms with Crippen LogP contribution in [0.15, 0.2) is 90.6 Å². The molecule has 5 aromatic rings. The Morgan fingerprint density at radius 1 is 0.842 bits per heavy atom. The number of hydrogen-bond donors (Lipinski definition) is 0. The van der Waals surface area contributed by atoms with Crippen molar-refractivity contribution in [3.8, 4) is 0 Å². The number of rotatable bonds is 2. The molecule has 1 aromatic heterocycles. The maximum absolute atomic E-state index is 8.49. The van der Waals surface area contributed by atoms with E-state index < -0.39 is 10.2 Å². The lowest BCUT2D eigenvalue weighted by atomic mass is 9.81. The SMILES string of the molecule is CN1C(=CC=Cc2sc3c4ccccc4ccc3[n+]2C)C(C)(C)c2c1ccc1ccccc21.[O-][Cl+3]([O-])([O-])[O-]. The van der Waals surface area contributed by atoms with E-state index in [1.165, 1.54) is 53.7 Å². The predicted molar refractivity (Wildman–Crippen MR) is 143 cm³/mol. The first-order chi connectivity index (χ1) is 18.0. The van der Waals surface area contributed by atoms with Crippen molar-refractivity contribution in [1.29, 1.82) is 0 Å². The number of nitrogens with zero attached hydrogens (tertiary/aromatic N) is 2. The van der Waals surface area contributed by atoms with Gasteiger partial charge >= 0.3 is 0 Å². The monoisotopic (exact) mass is 546 g/mol. The van der Waals surface area contributed by atoms with Crippen LogP contribution in [0.5, 0.6) is 0 Å². The van der Waals surface area contributed by atoms with E-state index in [4.69, 9.17) is 18.6 Å². The molecule has 0 spiro atoms. The van der Waals surface area contributed by atoms with Gasteiger partial charge in [0.05, 0.1) is 0 Å². The summed E-state index contributed by atoms with van der Waals surface area (Å²) in [7, 11) is -0.596. The van der Waals surface area contributed by atoms with Crippen LogP contribution in [0.1, 0.15) is 24.4 Å². The number of hydrogen-bond acceptors (Lipinski definition) is 6. The van der Waals surface area contributed by atoms with E-state index in [9.17, 15) is 0 Å². The van der Waals surface area contributed by atoms with E-state index in [2.05, 4.69) is 128 Å². The Labute approximate surface area is 227 Å². The molecular weight excluding hydrogens is 520 g/mol. The highest BCUT2D eigenvalue weighted by Gasteiger charge is 2.39. The molecule has 2 heterocycles. The maximum Gasteiger partial charge on any atom is 0.262 e. The van der Waals surface area contributed by atoms with Crippen LogP contribution >= 0.6 is 11.3 Å². The van der Waals surface area contributed by atoms with Crippen molar-refractivity contribution >= 4 is 54.9 Å². The van der Waals surface area contributed by atoms with Crippen LogP contribution < -0.4 is 28.1 Å². The summed E-state index contributed by atoms with van der Waals surface area (Å²) in [6.45, 7) is 4.68. The highest BCUT2D eigenvalue weighted by atomic mass is 35.7. The quantitative estimate of drug-likeness (QED) is 0.317. The molecule has 0 N–H and O–H groups in total. The minimum atomic E-state index is -4.94. The number of allylic oxidation sites excluding steroid dienone is 3. The third-order valence-electron chi connectivity index (χ3n) is 7.15. The molecule has 0 fully saturated rings. The van der Waals surface area contributed by atoms with Gasteiger partial charge in [0.1, 0.15) is 11.7 Å². The van der Waals surface area contributed by atoms with Crippen LogP contribution in [0.3, 0.4) is 0 Å². The number of thiazole rings is 1. The van der Waals surface area contributed by atoms with E-state index in [-0.39, 0.29) is 5.41 Å². The summed E-state index contributed by atoms with van der Waals surface area (Å²) in [4.78, 5) is 2.35. The molecule has 1 aliphatic heterocycles. The molecule has 194 valence electrons. The summed E-state index contributed by atoms with van der Waals surface area (Å²) in [5.41, 5.74) is 5.26. The van der Waals surface area contributed by atoms with Gasteiger partial charge in [0, 0.05) is 41.4 Å². The van der Waals surface area contributed by atoms with Gasteiger partial charge in [0.2, 0.25) is 5.52 Å². The lowest BCUT2D eigenvalue weighted by Gasteiger charge is -2.24. The van der Waals surface area contributed by atoms with Gasteiger partial charge in [-0.1, -0.05) is 85.9 Å². The summed E-state index contributed by atoms with van der Waals surface area (Å²) in [5, 5.41) is 6.53. The van der Waals surface area contributed by atoms with Gasteiger partial charge in [-0.15, -0.1) is 10.2 Å². The molecule has 0 saturated heterocycles. The third kappa shape index (κ3) is 4.80. The predicted octanol–water partition coefficient (Wildman–Crippen LogP) is 2.60. The van der Waals surface area contributed by atoms with Crippen molar-refractivity contribution in [2.75, 3.05) is 11.9 Å². The molecule has 38 heavy (non-hydrogen) atoms. The van der Waals surface area contributed by atoms with Gasteiger partial charge in [-0.25, -0.2) is 18.6 Å². The maximum atomic E-state index is 8.49. The second-order valence-corrected chi connectivity index (χ2v) is 11.6. The lowest BCUT2D eigenvalue weighted by Crippen LogP contribution is -2.68. The third-order valence-corrected chi connectivity index (χ3v) is 8.40. The van der Waals surface area contributed by atoms with Crippen LogP contribution in [0.4, 0.5) is 5.69 Å². The van der Waals surface area contributed by atoms with Gasteiger partial charge in [-0.05, 0) is 39.9 Å². The van der Waals surface area contributed by atoms with Crippen molar-refractivity contribution < 1.29 is 33.4 Å². The molecule has 0 atom stereocenters. The van der Waals surface area contributed by atoms with Gasteiger partial charge in [0.25, 0.3) is 5.01 Å². The smallest absolute Gasteiger partial charge is 0.262 e. The highest BCUT2D eigenvalue weighted by Crippen LogP contribution is 2.49. The van der Waals surface area contributed by atoms with E-state index in [0.29, 0.717) is 0 Å². The van der Waals surface area contributed by atoms with Gasteiger partial charge < -0.3 is 4.90 Å². The van der Waals surface area contributed by atoms with E-state index in [0.717, 1.165) is 0 Å². The first-order valence-electron chi connectivity index (χ1n) is 12.0. The number of aryl methyl sites for hydroxylation is 1. The first-order valence-corrected chi connectivity index (χ1v) is 14.1. The number of fused-ring (bicyclic) bond motifs is 6. The Morgan fingerprint density at radius 2 is 1.42 bits per heavy atom. The second kappa shape index (κ2) is 9.78. The summed E-state index contributed by atoms with van der Waals surface area (Å²) < 4.78 is 37.6. The zero-order chi connectivity index (χ0) is 27.2. The largest absolute Gasteiger partial charge is 0.347 e. The normalized spacial score (nSPS) is 16.0. The molecule has 4 aromatic carbocycles. The zero-order valence-corrected chi connectivity index (χ0v) is 23.0. The fraction of sp³-hybridized carbons (Fsp3) is 0.167. The van der Waals surface area contributed by atoms with E-state index in [1.807, 2.05) is 11.3 Å². The van der Waals surface area contributed by atoms with Crippen LogP contribution in [-0.4, -0.2) is 7.05 Å². The Hall–Kier alpha value is -3.30. The van der Waals surface area contributed by atoms with Crippen LogP contribution in [0, 0.1) is 10.2 Å². The molecule has 1 aliphatic rings. The summed E-state index contributed by atoms with van der Waals surface area (Å²) >= 11 is 1.86. The number of anilines is 1. The molecule has 0 amide bonds. The number of aromatic nitrogens is 1. The van der Waals surface area contributed by atoms with Crippen molar-refractivity contribution in [3.63, 3.8) is 0 Å². The van der Waals surface area contributed by atoms with Crippen molar-refractivity contribution in [1.82, 2.24) is 0 Å². The molecule has 0 bridgehead atoms. The Balaban J connectivity index is 0.000000540. The molecule has 8 heteroatoms. The molecule has 0 aliphatic carbocycles. The fourth-order valence-corrected chi connectivity index (χ4v) is 6.65. The topological polar surface area (TPSA) is 99.4 Å². The minimum absolute atomic E-state index is 0.0617. The van der Waals surface area contributed by atoms with Crippen LogP contribution in [0.2, 0.25) is 0 Å². The van der Waals surface area contributed by atoms with Gasteiger partial charge in [-0.2, -0.15) is 4.57 Å². The van der Waals surface area contributed by atoms with Crippen molar-refractivity contribution in [2.24, 2.45) is 7.05 Å². The molecule has 6 nitrogen and oxygen atoms in total. The number of likely N-dealkylation sites (N-methyl/N-ethyl adjacent to an activating group) is 1. The first kappa shape index (κ1) is 26.3. The molecule has 0 radical (unpaired) electrons. The second-order valence-electron chi connectivity index (χ2n) is 9.79. The van der Waals surface area contributed by atoms with Gasteiger partial charge in [-0.3, -0.25) is 0 Å². The minimum Gasteiger partial charge on any atom is -0.347 e. The number of benzene rings is 4. The van der Waals surface area contributed by atoms with Crippen LogP contribution in [0.25, 0.3) is 37.8 Å². The Bertz CT molecular complexity index is 1730. The average molecular weight is 547 g/mol. The highest BCUT2D eigenvalue weighted by molar-refractivity contribution is 7.19. The Kier molecular flexibility index (Phi) is 6.77. The fourth-order valence-electron chi connectivity index (χ4n) is 5.46. The summed E-state index contributed by atoms with van der Waals surface area (Å²) in [5.74, 6) is 0.